The van der Waals surface area contributed by atoms with Crippen molar-refractivity contribution in [2.75, 3.05) is 13.2 Å². The maximum atomic E-state index is 11.8. The van der Waals surface area contributed by atoms with E-state index in [4.69, 9.17) is 9.84 Å². The number of aliphatic hydroxyl groups is 1. The molecule has 2 rings (SSSR count). The van der Waals surface area contributed by atoms with Crippen molar-refractivity contribution in [1.29, 1.82) is 0 Å². The quantitative estimate of drug-likeness (QED) is 0.617. The lowest BCUT2D eigenvalue weighted by molar-refractivity contribution is -0.386. The van der Waals surface area contributed by atoms with E-state index in [2.05, 4.69) is 10.3 Å². The van der Waals surface area contributed by atoms with Crippen LogP contribution in [0.1, 0.15) is 10.4 Å². The van der Waals surface area contributed by atoms with Crippen LogP contribution in [0.3, 0.4) is 0 Å². The van der Waals surface area contributed by atoms with Crippen LogP contribution in [0.5, 0.6) is 11.6 Å². The molecule has 0 spiro atoms. The van der Waals surface area contributed by atoms with Gasteiger partial charge in [-0.1, -0.05) is 6.07 Å². The van der Waals surface area contributed by atoms with Crippen molar-refractivity contribution < 1.29 is 19.6 Å². The van der Waals surface area contributed by atoms with E-state index in [1.54, 1.807) is 18.2 Å². The van der Waals surface area contributed by atoms with E-state index in [9.17, 15) is 14.9 Å². The van der Waals surface area contributed by atoms with E-state index < -0.39 is 4.92 Å². The number of pyridine rings is 1. The Hall–Kier alpha value is -3.00. The van der Waals surface area contributed by atoms with Crippen LogP contribution in [-0.2, 0) is 0 Å². The first-order valence-corrected chi connectivity index (χ1v) is 6.38. The minimum absolute atomic E-state index is 0.135. The first kappa shape index (κ1) is 15.4. The minimum atomic E-state index is -0.597. The molecule has 2 N–H and O–H groups in total. The molecule has 1 aromatic heterocycles. The fourth-order valence-corrected chi connectivity index (χ4v) is 1.68. The molecular weight excluding hydrogens is 290 g/mol. The Bertz CT molecular complexity index is 690. The average Bonchev–Trinajstić information content (AvgIpc) is 2.53. The van der Waals surface area contributed by atoms with Crippen molar-refractivity contribution in [1.82, 2.24) is 10.3 Å². The number of ether oxygens (including phenoxy) is 1. The van der Waals surface area contributed by atoms with Gasteiger partial charge in [0, 0.05) is 24.4 Å². The Labute approximate surface area is 125 Å². The molecule has 8 heteroatoms. The van der Waals surface area contributed by atoms with Gasteiger partial charge in [-0.2, -0.15) is 0 Å². The summed E-state index contributed by atoms with van der Waals surface area (Å²) in [5.74, 6) is -0.283. The lowest BCUT2D eigenvalue weighted by atomic mass is 10.2. The molecule has 0 aliphatic carbocycles. The number of carbonyl (C=O) groups is 1. The summed E-state index contributed by atoms with van der Waals surface area (Å²) >= 11 is 0. The van der Waals surface area contributed by atoms with Crippen LogP contribution in [0.2, 0.25) is 0 Å². The summed E-state index contributed by atoms with van der Waals surface area (Å²) < 4.78 is 5.38. The number of nitrogens with zero attached hydrogens (tertiary/aromatic N) is 2. The van der Waals surface area contributed by atoms with Crippen LogP contribution in [-0.4, -0.2) is 34.1 Å². The molecule has 0 saturated heterocycles. The summed E-state index contributed by atoms with van der Waals surface area (Å²) in [4.78, 5) is 25.9. The largest absolute Gasteiger partial charge is 0.434 e. The van der Waals surface area contributed by atoms with E-state index >= 15 is 0 Å². The molecule has 8 nitrogen and oxygen atoms in total. The number of benzene rings is 1. The molecule has 1 aromatic carbocycles. The Balaban J connectivity index is 2.21. The van der Waals surface area contributed by atoms with Crippen molar-refractivity contribution in [3.8, 4) is 11.6 Å². The monoisotopic (exact) mass is 303 g/mol. The van der Waals surface area contributed by atoms with E-state index in [0.29, 0.717) is 5.56 Å². The average molecular weight is 303 g/mol. The molecular formula is C14H13N3O5. The van der Waals surface area contributed by atoms with Crippen molar-refractivity contribution in [3.63, 3.8) is 0 Å². The zero-order chi connectivity index (χ0) is 15.9. The third kappa shape index (κ3) is 3.76. The number of carbonyl (C=O) groups excluding carboxylic acids is 1. The number of aliphatic hydroxyl groups excluding tert-OH is 1. The Morgan fingerprint density at radius 3 is 2.91 bits per heavy atom. The highest BCUT2D eigenvalue weighted by atomic mass is 16.6. The van der Waals surface area contributed by atoms with Crippen LogP contribution < -0.4 is 10.1 Å². The number of hydrogen-bond acceptors (Lipinski definition) is 6. The molecule has 0 aliphatic heterocycles. The highest BCUT2D eigenvalue weighted by Gasteiger charge is 2.17. The molecule has 1 heterocycles. The molecule has 0 atom stereocenters. The maximum absolute atomic E-state index is 11.8. The Kier molecular flexibility index (Phi) is 4.99. The standard InChI is InChI=1S/C14H13N3O5/c18-8-7-15-13(19)10-3-1-4-11(9-10)22-14-12(17(20)21)5-2-6-16-14/h1-6,9,18H,7-8H2,(H,15,19). The zero-order valence-corrected chi connectivity index (χ0v) is 11.4. The topological polar surface area (TPSA) is 115 Å². The maximum Gasteiger partial charge on any atom is 0.331 e. The highest BCUT2D eigenvalue weighted by Crippen LogP contribution is 2.28. The van der Waals surface area contributed by atoms with Crippen LogP contribution in [0.15, 0.2) is 42.6 Å². The summed E-state index contributed by atoms with van der Waals surface area (Å²) in [6.07, 6.45) is 1.38. The number of aromatic nitrogens is 1. The SMILES string of the molecule is O=C(NCCO)c1cccc(Oc2ncccc2[N+](=O)[O-])c1. The Morgan fingerprint density at radius 2 is 2.18 bits per heavy atom. The van der Waals surface area contributed by atoms with Gasteiger partial charge in [-0.05, 0) is 24.3 Å². The van der Waals surface area contributed by atoms with Crippen LogP contribution in [0.4, 0.5) is 5.69 Å². The third-order valence-corrected chi connectivity index (χ3v) is 2.66. The lowest BCUT2D eigenvalue weighted by Crippen LogP contribution is -2.26. The minimum Gasteiger partial charge on any atom is -0.434 e. The fourth-order valence-electron chi connectivity index (χ4n) is 1.68. The molecule has 0 bridgehead atoms. The molecule has 22 heavy (non-hydrogen) atoms. The van der Waals surface area contributed by atoms with Gasteiger partial charge in [-0.15, -0.1) is 0 Å². The van der Waals surface area contributed by atoms with Crippen molar-refractivity contribution in [2.24, 2.45) is 0 Å². The van der Waals surface area contributed by atoms with E-state index in [1.165, 1.54) is 24.4 Å². The van der Waals surface area contributed by atoms with Gasteiger partial charge >= 0.3 is 5.69 Å². The van der Waals surface area contributed by atoms with Gasteiger partial charge in [0.25, 0.3) is 11.8 Å². The summed E-state index contributed by atoms with van der Waals surface area (Å²) in [6, 6.07) is 8.85. The number of nitrogens with one attached hydrogen (secondary N) is 1. The third-order valence-electron chi connectivity index (χ3n) is 2.66. The van der Waals surface area contributed by atoms with Crippen LogP contribution in [0.25, 0.3) is 0 Å². The smallest absolute Gasteiger partial charge is 0.331 e. The van der Waals surface area contributed by atoms with Gasteiger partial charge in [-0.3, -0.25) is 14.9 Å². The molecule has 114 valence electrons. The van der Waals surface area contributed by atoms with E-state index in [1.807, 2.05) is 0 Å². The highest BCUT2D eigenvalue weighted by molar-refractivity contribution is 5.94. The number of amides is 1. The van der Waals surface area contributed by atoms with Gasteiger partial charge in [-0.25, -0.2) is 4.98 Å². The van der Waals surface area contributed by atoms with Crippen molar-refractivity contribution >= 4 is 11.6 Å². The predicted molar refractivity (Wildman–Crippen MR) is 76.8 cm³/mol. The first-order valence-electron chi connectivity index (χ1n) is 6.38. The second-order valence-electron chi connectivity index (χ2n) is 4.19. The molecule has 0 radical (unpaired) electrons. The number of hydrogen-bond donors (Lipinski definition) is 2. The molecule has 1 amide bonds. The summed E-state index contributed by atoms with van der Waals surface area (Å²) in [5, 5.41) is 22.1. The van der Waals surface area contributed by atoms with Gasteiger partial charge in [0.1, 0.15) is 5.75 Å². The van der Waals surface area contributed by atoms with Crippen LogP contribution in [0, 0.1) is 10.1 Å². The molecule has 0 fully saturated rings. The van der Waals surface area contributed by atoms with Crippen molar-refractivity contribution in [3.05, 3.63) is 58.3 Å². The second kappa shape index (κ2) is 7.14. The number of rotatable bonds is 6. The predicted octanol–water partition coefficient (Wildman–Crippen LogP) is 1.50. The van der Waals surface area contributed by atoms with Crippen molar-refractivity contribution in [2.45, 2.75) is 0 Å². The summed E-state index contributed by atoms with van der Waals surface area (Å²) in [5.41, 5.74) is 0.0437. The first-order chi connectivity index (χ1) is 10.6. The van der Waals surface area contributed by atoms with E-state index in [0.717, 1.165) is 0 Å². The van der Waals surface area contributed by atoms with Gasteiger partial charge < -0.3 is 15.2 Å². The molecule has 0 aliphatic rings. The van der Waals surface area contributed by atoms with Gasteiger partial charge in [0.15, 0.2) is 0 Å². The summed E-state index contributed by atoms with van der Waals surface area (Å²) in [7, 11) is 0. The molecule has 0 unspecified atom stereocenters. The Morgan fingerprint density at radius 1 is 1.36 bits per heavy atom. The van der Waals surface area contributed by atoms with Gasteiger partial charge in [0.2, 0.25) is 0 Å². The zero-order valence-electron chi connectivity index (χ0n) is 11.4. The fraction of sp³-hybridized carbons (Fsp3) is 0.143. The second-order valence-corrected chi connectivity index (χ2v) is 4.19. The van der Waals surface area contributed by atoms with Gasteiger partial charge in [0.05, 0.1) is 11.5 Å². The van der Waals surface area contributed by atoms with Crippen LogP contribution >= 0.6 is 0 Å². The normalized spacial score (nSPS) is 10.0. The number of nitro groups is 1. The van der Waals surface area contributed by atoms with E-state index in [-0.39, 0.29) is 36.4 Å². The molecule has 0 saturated carbocycles. The lowest BCUT2D eigenvalue weighted by Gasteiger charge is -2.07. The summed E-state index contributed by atoms with van der Waals surface area (Å²) in [6.45, 7) is -0.0301. The molecule has 2 aromatic rings.